The van der Waals surface area contributed by atoms with E-state index in [2.05, 4.69) is 20.9 Å². The van der Waals surface area contributed by atoms with Crippen molar-refractivity contribution in [1.82, 2.24) is 4.98 Å². The van der Waals surface area contributed by atoms with E-state index in [0.29, 0.717) is 0 Å². The molecule has 0 N–H and O–H groups in total. The van der Waals surface area contributed by atoms with Crippen LogP contribution in [0.3, 0.4) is 0 Å². The van der Waals surface area contributed by atoms with Crippen molar-refractivity contribution in [3.63, 3.8) is 0 Å². The molecule has 0 aliphatic heterocycles. The Kier molecular flexibility index (Phi) is 2.13. The second kappa shape index (κ2) is 2.91. The third-order valence-corrected chi connectivity index (χ3v) is 1.57. The lowest BCUT2D eigenvalue weighted by Crippen LogP contribution is -1.94. The molecule has 58 valence electrons. The van der Waals surface area contributed by atoms with Crippen molar-refractivity contribution >= 4 is 21.7 Å². The van der Waals surface area contributed by atoms with Gasteiger partial charge in [-0.1, -0.05) is 0 Å². The third kappa shape index (κ3) is 1.70. The minimum atomic E-state index is -0.876. The standard InChI is InChI=1S/C5H2BrFN2O2/c6-3-1-2-4(9(10)11)8-5(3)7/h1-2H. The van der Waals surface area contributed by atoms with Gasteiger partial charge in [0, 0.05) is 6.07 Å². The van der Waals surface area contributed by atoms with Gasteiger partial charge in [0.05, 0.1) is 4.47 Å². The highest BCUT2D eigenvalue weighted by atomic mass is 79.9. The van der Waals surface area contributed by atoms with E-state index in [0.717, 1.165) is 6.07 Å². The van der Waals surface area contributed by atoms with Crippen molar-refractivity contribution in [3.05, 3.63) is 32.7 Å². The number of hydrogen-bond donors (Lipinski definition) is 0. The first-order valence-corrected chi connectivity index (χ1v) is 3.37. The van der Waals surface area contributed by atoms with E-state index in [1.54, 1.807) is 0 Å². The molecule has 1 aromatic heterocycles. The molecule has 11 heavy (non-hydrogen) atoms. The monoisotopic (exact) mass is 220 g/mol. The maximum atomic E-state index is 12.5. The van der Waals surface area contributed by atoms with Crippen LogP contribution in [0.1, 0.15) is 0 Å². The van der Waals surface area contributed by atoms with E-state index >= 15 is 0 Å². The van der Waals surface area contributed by atoms with Gasteiger partial charge >= 0.3 is 11.8 Å². The molecule has 0 atom stereocenters. The zero-order chi connectivity index (χ0) is 8.43. The topological polar surface area (TPSA) is 56.0 Å². The molecule has 0 saturated heterocycles. The van der Waals surface area contributed by atoms with Crippen LogP contribution in [0.15, 0.2) is 16.6 Å². The number of nitro groups is 1. The van der Waals surface area contributed by atoms with E-state index in [1.807, 2.05) is 0 Å². The molecule has 4 nitrogen and oxygen atoms in total. The Morgan fingerprint density at radius 3 is 2.73 bits per heavy atom. The molecule has 1 rings (SSSR count). The molecule has 0 saturated carbocycles. The average Bonchev–Trinajstić information content (AvgIpc) is 1.94. The van der Waals surface area contributed by atoms with Crippen LogP contribution >= 0.6 is 15.9 Å². The van der Waals surface area contributed by atoms with Crippen LogP contribution in [0.25, 0.3) is 0 Å². The predicted molar refractivity (Wildman–Crippen MR) is 38.5 cm³/mol. The van der Waals surface area contributed by atoms with Gasteiger partial charge in [-0.15, -0.1) is 0 Å². The predicted octanol–water partition coefficient (Wildman–Crippen LogP) is 1.89. The fraction of sp³-hybridized carbons (Fsp3) is 0. The summed E-state index contributed by atoms with van der Waals surface area (Å²) in [6.07, 6.45) is 0. The number of pyridine rings is 1. The Bertz CT molecular complexity index is 305. The summed E-state index contributed by atoms with van der Waals surface area (Å²) in [5, 5.41) is 10.0. The van der Waals surface area contributed by atoms with Gasteiger partial charge in [0.15, 0.2) is 0 Å². The summed E-state index contributed by atoms with van der Waals surface area (Å²) < 4.78 is 12.6. The highest BCUT2D eigenvalue weighted by molar-refractivity contribution is 9.10. The quantitative estimate of drug-likeness (QED) is 0.413. The fourth-order valence-electron chi connectivity index (χ4n) is 0.509. The summed E-state index contributed by atoms with van der Waals surface area (Å²) in [6, 6.07) is 2.35. The van der Waals surface area contributed by atoms with E-state index in [-0.39, 0.29) is 4.47 Å². The lowest BCUT2D eigenvalue weighted by molar-refractivity contribution is -0.389. The highest BCUT2D eigenvalue weighted by Gasteiger charge is 2.12. The molecular weight excluding hydrogens is 219 g/mol. The summed E-state index contributed by atoms with van der Waals surface area (Å²) in [5.74, 6) is -1.37. The Hall–Kier alpha value is -1.04. The zero-order valence-corrected chi connectivity index (χ0v) is 6.71. The fourth-order valence-corrected chi connectivity index (χ4v) is 0.730. The summed E-state index contributed by atoms with van der Waals surface area (Å²) in [4.78, 5) is 12.3. The molecule has 0 aromatic carbocycles. The minimum Gasteiger partial charge on any atom is -0.358 e. The molecule has 0 aliphatic carbocycles. The zero-order valence-electron chi connectivity index (χ0n) is 5.12. The Labute approximate surface area is 69.3 Å². The number of halogens is 2. The Balaban J connectivity index is 3.15. The molecule has 0 unspecified atom stereocenters. The summed E-state index contributed by atoms with van der Waals surface area (Å²) in [5.41, 5.74) is 0. The third-order valence-electron chi connectivity index (χ3n) is 0.976. The van der Waals surface area contributed by atoms with Gasteiger partial charge in [-0.3, -0.25) is 0 Å². The van der Waals surface area contributed by atoms with Gasteiger partial charge in [-0.05, 0) is 31.9 Å². The second-order valence-electron chi connectivity index (χ2n) is 1.70. The van der Waals surface area contributed by atoms with Gasteiger partial charge in [0.25, 0.3) is 0 Å². The lowest BCUT2D eigenvalue weighted by atomic mass is 10.5. The molecule has 0 spiro atoms. The van der Waals surface area contributed by atoms with E-state index in [9.17, 15) is 14.5 Å². The molecule has 1 heterocycles. The number of nitrogens with zero attached hydrogens (tertiary/aromatic N) is 2. The summed E-state index contributed by atoms with van der Waals surface area (Å²) >= 11 is 2.82. The van der Waals surface area contributed by atoms with Crippen molar-refractivity contribution in [1.29, 1.82) is 0 Å². The molecular formula is C5H2BrFN2O2. The van der Waals surface area contributed by atoms with Crippen LogP contribution in [0.4, 0.5) is 10.2 Å². The molecule has 0 aliphatic rings. The van der Waals surface area contributed by atoms with Crippen molar-refractivity contribution < 1.29 is 9.31 Å². The molecule has 6 heteroatoms. The lowest BCUT2D eigenvalue weighted by Gasteiger charge is -1.90. The largest absolute Gasteiger partial charge is 0.366 e. The average molecular weight is 221 g/mol. The molecule has 0 bridgehead atoms. The van der Waals surface area contributed by atoms with Crippen LogP contribution in [-0.2, 0) is 0 Å². The summed E-state index contributed by atoms with van der Waals surface area (Å²) in [6.45, 7) is 0. The maximum absolute atomic E-state index is 12.5. The second-order valence-corrected chi connectivity index (χ2v) is 2.55. The molecule has 0 radical (unpaired) electrons. The minimum absolute atomic E-state index is 0.114. The Morgan fingerprint density at radius 2 is 2.27 bits per heavy atom. The van der Waals surface area contributed by atoms with Crippen LogP contribution < -0.4 is 0 Å². The summed E-state index contributed by atoms with van der Waals surface area (Å²) in [7, 11) is 0. The van der Waals surface area contributed by atoms with Crippen molar-refractivity contribution in [2.45, 2.75) is 0 Å². The number of aromatic nitrogens is 1. The first kappa shape index (κ1) is 8.06. The van der Waals surface area contributed by atoms with Gasteiger partial charge < -0.3 is 10.1 Å². The molecule has 0 amide bonds. The van der Waals surface area contributed by atoms with E-state index < -0.39 is 16.7 Å². The normalized spacial score (nSPS) is 9.64. The smallest absolute Gasteiger partial charge is 0.358 e. The van der Waals surface area contributed by atoms with Gasteiger partial charge in [0.2, 0.25) is 0 Å². The van der Waals surface area contributed by atoms with Crippen LogP contribution in [-0.4, -0.2) is 9.91 Å². The van der Waals surface area contributed by atoms with Gasteiger partial charge in [-0.25, -0.2) is 0 Å². The Morgan fingerprint density at radius 1 is 1.64 bits per heavy atom. The van der Waals surface area contributed by atoms with E-state index in [1.165, 1.54) is 6.07 Å². The number of rotatable bonds is 1. The first-order chi connectivity index (χ1) is 5.11. The van der Waals surface area contributed by atoms with Crippen LogP contribution in [0.2, 0.25) is 0 Å². The SMILES string of the molecule is O=[N+]([O-])c1ccc(Br)c(F)n1. The van der Waals surface area contributed by atoms with Crippen LogP contribution in [0.5, 0.6) is 0 Å². The van der Waals surface area contributed by atoms with Crippen molar-refractivity contribution in [2.24, 2.45) is 0 Å². The molecule has 0 fully saturated rings. The first-order valence-electron chi connectivity index (χ1n) is 2.57. The van der Waals surface area contributed by atoms with Gasteiger partial charge in [-0.2, -0.15) is 4.39 Å². The number of hydrogen-bond acceptors (Lipinski definition) is 3. The van der Waals surface area contributed by atoms with Crippen LogP contribution in [0, 0.1) is 16.1 Å². The highest BCUT2D eigenvalue weighted by Crippen LogP contribution is 2.16. The van der Waals surface area contributed by atoms with Crippen molar-refractivity contribution in [3.8, 4) is 0 Å². The van der Waals surface area contributed by atoms with Gasteiger partial charge in [0.1, 0.15) is 0 Å². The van der Waals surface area contributed by atoms with E-state index in [4.69, 9.17) is 0 Å². The maximum Gasteiger partial charge on any atom is 0.366 e. The van der Waals surface area contributed by atoms with Crippen molar-refractivity contribution in [2.75, 3.05) is 0 Å². The molecule has 1 aromatic rings.